The van der Waals surface area contributed by atoms with Gasteiger partial charge < -0.3 is 0 Å². The van der Waals surface area contributed by atoms with E-state index in [1.807, 2.05) is 18.2 Å². The molecule has 3 N–H and O–H groups in total. The highest BCUT2D eigenvalue weighted by molar-refractivity contribution is 7.99. The quantitative estimate of drug-likeness (QED) is 0.620. The monoisotopic (exact) mass is 298 g/mol. The number of nitrogens with one attached hydrogen (secondary N) is 1. The molecular weight excluding hydrogens is 276 g/mol. The lowest BCUT2D eigenvalue weighted by molar-refractivity contribution is 0.513. The minimum absolute atomic E-state index is 0.298. The standard InChI is InChI=1S/C15H23ClN2S/c16-15-9-5-4-6-12(15)10-13(18-17)11-19-14-7-2-1-3-8-14/h4-6,9,13-14,18H,1-3,7-8,10-11,17H2. The van der Waals surface area contributed by atoms with Crippen LogP contribution >= 0.6 is 23.4 Å². The summed E-state index contributed by atoms with van der Waals surface area (Å²) in [5.41, 5.74) is 4.12. The molecule has 0 saturated heterocycles. The molecule has 4 heteroatoms. The Kier molecular flexibility index (Phi) is 6.51. The Hall–Kier alpha value is -0.220. The Morgan fingerprint density at radius 3 is 2.68 bits per heavy atom. The number of nitrogens with two attached hydrogens (primary N) is 1. The topological polar surface area (TPSA) is 38.0 Å². The van der Waals surface area contributed by atoms with Crippen molar-refractivity contribution in [2.24, 2.45) is 5.84 Å². The van der Waals surface area contributed by atoms with Gasteiger partial charge in [-0.2, -0.15) is 11.8 Å². The minimum Gasteiger partial charge on any atom is -0.271 e. The maximum Gasteiger partial charge on any atom is 0.0438 e. The average Bonchev–Trinajstić information content (AvgIpc) is 2.46. The van der Waals surface area contributed by atoms with E-state index in [1.165, 1.54) is 37.7 Å². The van der Waals surface area contributed by atoms with Gasteiger partial charge in [0.1, 0.15) is 0 Å². The van der Waals surface area contributed by atoms with Gasteiger partial charge in [-0.3, -0.25) is 11.3 Å². The van der Waals surface area contributed by atoms with Crippen LogP contribution in [-0.4, -0.2) is 17.0 Å². The molecule has 2 rings (SSSR count). The van der Waals surface area contributed by atoms with Gasteiger partial charge in [0.25, 0.3) is 0 Å². The van der Waals surface area contributed by atoms with Crippen molar-refractivity contribution in [3.05, 3.63) is 34.9 Å². The van der Waals surface area contributed by atoms with Crippen LogP contribution in [0.3, 0.4) is 0 Å². The number of halogens is 1. The molecule has 1 aromatic rings. The summed E-state index contributed by atoms with van der Waals surface area (Å²) in [5.74, 6) is 6.74. The number of hydrazine groups is 1. The second-order valence-corrected chi connectivity index (χ2v) is 6.99. The highest BCUT2D eigenvalue weighted by Gasteiger charge is 2.17. The first-order chi connectivity index (χ1) is 9.29. The van der Waals surface area contributed by atoms with E-state index in [4.69, 9.17) is 17.4 Å². The fourth-order valence-electron chi connectivity index (χ4n) is 2.58. The molecular formula is C15H23ClN2S. The predicted molar refractivity (Wildman–Crippen MR) is 85.6 cm³/mol. The van der Waals surface area contributed by atoms with Crippen LogP contribution in [-0.2, 0) is 6.42 Å². The Morgan fingerprint density at radius 2 is 2.00 bits per heavy atom. The Labute approximate surface area is 125 Å². The van der Waals surface area contributed by atoms with Gasteiger partial charge in [-0.15, -0.1) is 0 Å². The van der Waals surface area contributed by atoms with Crippen molar-refractivity contribution in [3.8, 4) is 0 Å². The van der Waals surface area contributed by atoms with Crippen LogP contribution in [0.2, 0.25) is 5.02 Å². The van der Waals surface area contributed by atoms with Crippen molar-refractivity contribution in [3.63, 3.8) is 0 Å². The van der Waals surface area contributed by atoms with Crippen LogP contribution in [0.1, 0.15) is 37.7 Å². The molecule has 1 fully saturated rings. The van der Waals surface area contributed by atoms with Crippen LogP contribution < -0.4 is 11.3 Å². The lowest BCUT2D eigenvalue weighted by Crippen LogP contribution is -2.39. The van der Waals surface area contributed by atoms with Gasteiger partial charge in [-0.1, -0.05) is 49.1 Å². The van der Waals surface area contributed by atoms with E-state index in [9.17, 15) is 0 Å². The molecule has 0 aliphatic heterocycles. The number of hydrogen-bond acceptors (Lipinski definition) is 3. The fraction of sp³-hybridized carbons (Fsp3) is 0.600. The fourth-order valence-corrected chi connectivity index (χ4v) is 4.18. The van der Waals surface area contributed by atoms with Gasteiger partial charge in [0.15, 0.2) is 0 Å². The highest BCUT2D eigenvalue weighted by atomic mass is 35.5. The predicted octanol–water partition coefficient (Wildman–Crippen LogP) is 3.78. The van der Waals surface area contributed by atoms with E-state index < -0.39 is 0 Å². The molecule has 0 amide bonds. The number of thioether (sulfide) groups is 1. The molecule has 0 spiro atoms. The zero-order valence-corrected chi connectivity index (χ0v) is 12.8. The van der Waals surface area contributed by atoms with E-state index in [-0.39, 0.29) is 0 Å². The first-order valence-electron chi connectivity index (χ1n) is 7.10. The van der Waals surface area contributed by atoms with Crippen LogP contribution in [0.15, 0.2) is 24.3 Å². The van der Waals surface area contributed by atoms with Crippen molar-refractivity contribution < 1.29 is 0 Å². The van der Waals surface area contributed by atoms with Crippen molar-refractivity contribution >= 4 is 23.4 Å². The van der Waals surface area contributed by atoms with Gasteiger partial charge in [0.2, 0.25) is 0 Å². The molecule has 1 aliphatic carbocycles. The summed E-state index contributed by atoms with van der Waals surface area (Å²) in [6.45, 7) is 0. The lowest BCUT2D eigenvalue weighted by Gasteiger charge is -2.24. The Morgan fingerprint density at radius 1 is 1.26 bits per heavy atom. The summed E-state index contributed by atoms with van der Waals surface area (Å²) in [6.07, 6.45) is 7.83. The highest BCUT2D eigenvalue weighted by Crippen LogP contribution is 2.29. The normalized spacial score (nSPS) is 18.4. The third kappa shape index (κ3) is 4.99. The molecule has 1 unspecified atom stereocenters. The zero-order valence-electron chi connectivity index (χ0n) is 11.3. The molecule has 0 heterocycles. The van der Waals surface area contributed by atoms with Gasteiger partial charge in [-0.25, -0.2) is 0 Å². The van der Waals surface area contributed by atoms with E-state index in [0.29, 0.717) is 6.04 Å². The maximum atomic E-state index is 6.20. The summed E-state index contributed by atoms with van der Waals surface area (Å²) in [7, 11) is 0. The Bertz CT molecular complexity index is 380. The minimum atomic E-state index is 0.298. The van der Waals surface area contributed by atoms with Gasteiger partial charge in [0, 0.05) is 22.1 Å². The van der Waals surface area contributed by atoms with Gasteiger partial charge >= 0.3 is 0 Å². The second-order valence-electron chi connectivity index (χ2n) is 5.25. The summed E-state index contributed by atoms with van der Waals surface area (Å²) < 4.78 is 0. The first kappa shape index (κ1) is 15.2. The smallest absolute Gasteiger partial charge is 0.0438 e. The molecule has 19 heavy (non-hydrogen) atoms. The third-order valence-corrected chi connectivity index (χ3v) is 5.65. The lowest BCUT2D eigenvalue weighted by atomic mass is 10.0. The molecule has 106 valence electrons. The molecule has 0 aromatic heterocycles. The molecule has 2 nitrogen and oxygen atoms in total. The summed E-state index contributed by atoms with van der Waals surface area (Å²) >= 11 is 8.27. The van der Waals surface area contributed by atoms with Crippen molar-refractivity contribution in [1.29, 1.82) is 0 Å². The van der Waals surface area contributed by atoms with Crippen LogP contribution in [0.25, 0.3) is 0 Å². The van der Waals surface area contributed by atoms with Gasteiger partial charge in [0.05, 0.1) is 0 Å². The summed E-state index contributed by atoms with van der Waals surface area (Å²) in [6, 6.07) is 8.32. The molecule has 0 radical (unpaired) electrons. The van der Waals surface area contributed by atoms with E-state index in [2.05, 4.69) is 23.3 Å². The molecule has 1 aliphatic rings. The third-order valence-electron chi connectivity index (χ3n) is 3.75. The average molecular weight is 299 g/mol. The maximum absolute atomic E-state index is 6.20. The van der Waals surface area contributed by atoms with Crippen molar-refractivity contribution in [1.82, 2.24) is 5.43 Å². The van der Waals surface area contributed by atoms with E-state index >= 15 is 0 Å². The second kappa shape index (κ2) is 8.15. The zero-order chi connectivity index (χ0) is 13.5. The van der Waals surface area contributed by atoms with E-state index in [1.54, 1.807) is 0 Å². The van der Waals surface area contributed by atoms with Crippen LogP contribution in [0.4, 0.5) is 0 Å². The first-order valence-corrected chi connectivity index (χ1v) is 8.53. The van der Waals surface area contributed by atoms with Crippen LogP contribution in [0, 0.1) is 0 Å². The van der Waals surface area contributed by atoms with Crippen molar-refractivity contribution in [2.45, 2.75) is 49.8 Å². The SMILES string of the molecule is NNC(CSC1CCCCC1)Cc1ccccc1Cl. The number of hydrogen-bond donors (Lipinski definition) is 2. The Balaban J connectivity index is 1.81. The molecule has 1 saturated carbocycles. The summed E-state index contributed by atoms with van der Waals surface area (Å²) in [4.78, 5) is 0. The largest absolute Gasteiger partial charge is 0.271 e. The summed E-state index contributed by atoms with van der Waals surface area (Å²) in [5, 5.41) is 1.67. The van der Waals surface area contributed by atoms with Crippen molar-refractivity contribution in [2.75, 3.05) is 5.75 Å². The number of rotatable bonds is 6. The molecule has 1 atom stereocenters. The van der Waals surface area contributed by atoms with E-state index in [0.717, 1.165) is 22.4 Å². The van der Waals surface area contributed by atoms with Gasteiger partial charge in [-0.05, 0) is 30.9 Å². The van der Waals surface area contributed by atoms with Crippen LogP contribution in [0.5, 0.6) is 0 Å². The number of benzene rings is 1. The molecule has 0 bridgehead atoms. The molecule has 1 aromatic carbocycles.